The van der Waals surface area contributed by atoms with E-state index in [-0.39, 0.29) is 45.1 Å². The molecule has 8 aromatic carbocycles. The summed E-state index contributed by atoms with van der Waals surface area (Å²) < 4.78 is 16.4. The van der Waals surface area contributed by atoms with E-state index in [1.54, 1.807) is 48.5 Å². The third kappa shape index (κ3) is 13.9. The molecule has 1 fully saturated rings. The van der Waals surface area contributed by atoms with Gasteiger partial charge >= 0.3 is 11.9 Å². The largest absolute Gasteiger partial charge is 0.508 e. The van der Waals surface area contributed by atoms with Gasteiger partial charge in [-0.2, -0.15) is 0 Å². The Kier molecular flexibility index (Phi) is 19.2. The minimum absolute atomic E-state index is 0.0358. The lowest BCUT2D eigenvalue weighted by molar-refractivity contribution is 0.0546. The average molecular weight is 1280 g/mol. The molecule has 0 atom stereocenters. The topological polar surface area (TPSA) is 268 Å². The number of aromatic nitrogens is 7. The molecular formula is C77H70N8O11. The Hall–Kier alpha value is -12.0. The number of anilines is 1. The third-order valence-corrected chi connectivity index (χ3v) is 16.6. The Labute approximate surface area is 550 Å². The van der Waals surface area contributed by atoms with Crippen LogP contribution in [0.1, 0.15) is 59.9 Å². The average Bonchev–Trinajstić information content (AvgIpc) is 1.30. The number of nitrogens with zero attached hydrogens (tertiary/aromatic N) is 4. The van der Waals surface area contributed by atoms with Crippen LogP contribution in [-0.2, 0) is 14.2 Å². The van der Waals surface area contributed by atoms with Crippen LogP contribution in [0.3, 0.4) is 0 Å². The first-order chi connectivity index (χ1) is 46.2. The van der Waals surface area contributed by atoms with Gasteiger partial charge < -0.3 is 49.3 Å². The molecule has 19 nitrogen and oxygen atoms in total. The maximum absolute atomic E-state index is 12.9. The van der Waals surface area contributed by atoms with Crippen LogP contribution in [0.2, 0.25) is 0 Å². The zero-order valence-electron chi connectivity index (χ0n) is 54.4. The van der Waals surface area contributed by atoms with Crippen molar-refractivity contribution in [1.82, 2.24) is 34.9 Å². The number of phenols is 1. The van der Waals surface area contributed by atoms with Crippen molar-refractivity contribution in [3.8, 4) is 62.2 Å². The Balaban J connectivity index is 0.000000133. The minimum Gasteiger partial charge on any atom is -0.508 e. The van der Waals surface area contributed by atoms with E-state index in [1.165, 1.54) is 24.5 Å². The molecule has 6 N–H and O–H groups in total. The number of aromatic hydroxyl groups is 2. The molecule has 0 saturated carbocycles. The van der Waals surface area contributed by atoms with Crippen molar-refractivity contribution in [2.45, 2.75) is 48.5 Å². The fourth-order valence-corrected chi connectivity index (χ4v) is 11.5. The van der Waals surface area contributed by atoms with Crippen LogP contribution in [0.5, 0.6) is 11.5 Å². The lowest BCUT2D eigenvalue weighted by atomic mass is 10.0. The predicted octanol–water partition coefficient (Wildman–Crippen LogP) is 13.3. The number of ether oxygens (including phenoxy) is 3. The SMILES string of the molecule is COC(=O)c1nnn(-c2c(-c3ccc(C)cc3)[nH]c(=O)c3cc(C)ccc23)c1C(=O)OC.Cc1ccc(-c2[nH]c(=O)c3cc(C)ccc3c2N2CCOCC2)cc1.Cc1ccc(-c2[nH]c(=O)c3cc(C)ccc3c2O)cc1.Cc1ccc2cc(-c3ccc(O)cc3)[nH]c(=O)c2c1. The Morgan fingerprint density at radius 3 is 1.32 bits per heavy atom. The van der Waals surface area contributed by atoms with Crippen LogP contribution in [0.25, 0.3) is 93.8 Å². The monoisotopic (exact) mass is 1280 g/mol. The lowest BCUT2D eigenvalue weighted by Crippen LogP contribution is -2.37. The zero-order chi connectivity index (χ0) is 68.1. The number of phenolic OH excluding ortho intramolecular Hbond substituents is 1. The van der Waals surface area contributed by atoms with E-state index in [0.29, 0.717) is 62.8 Å². The van der Waals surface area contributed by atoms with Gasteiger partial charge in [-0.05, 0) is 114 Å². The van der Waals surface area contributed by atoms with Crippen molar-refractivity contribution in [3.05, 3.63) is 268 Å². The highest BCUT2D eigenvalue weighted by Crippen LogP contribution is 2.37. The number of H-pyrrole nitrogens is 4. The lowest BCUT2D eigenvalue weighted by Gasteiger charge is -2.31. The molecule has 0 spiro atoms. The summed E-state index contributed by atoms with van der Waals surface area (Å²) in [6, 6.07) is 55.0. The summed E-state index contributed by atoms with van der Waals surface area (Å²) in [7, 11) is 2.37. The van der Waals surface area contributed by atoms with Gasteiger partial charge in [0.15, 0.2) is 5.69 Å². The number of hydrogen-bond acceptors (Lipinski definition) is 14. The van der Waals surface area contributed by atoms with E-state index in [9.17, 15) is 39.0 Å². The number of aryl methyl sites for hydroxylation is 7. The number of carbonyl (C=O) groups excluding carboxylic acids is 2. The van der Waals surface area contributed by atoms with Crippen LogP contribution in [-0.4, -0.2) is 97.6 Å². The summed E-state index contributed by atoms with van der Waals surface area (Å²) >= 11 is 0. The smallest absolute Gasteiger partial charge is 0.361 e. The van der Waals surface area contributed by atoms with Gasteiger partial charge in [-0.1, -0.05) is 165 Å². The van der Waals surface area contributed by atoms with E-state index >= 15 is 0 Å². The van der Waals surface area contributed by atoms with Gasteiger partial charge in [-0.25, -0.2) is 14.3 Å². The zero-order valence-corrected chi connectivity index (χ0v) is 54.4. The van der Waals surface area contributed by atoms with E-state index < -0.39 is 11.9 Å². The fraction of sp³-hybridized carbons (Fsp3) is 0.169. The van der Waals surface area contributed by atoms with Crippen LogP contribution in [0, 0.1) is 48.5 Å². The number of methoxy groups -OCH3 is 2. The summed E-state index contributed by atoms with van der Waals surface area (Å²) in [5, 5.41) is 33.0. The second-order valence-electron chi connectivity index (χ2n) is 23.7. The number of benzene rings is 8. The van der Waals surface area contributed by atoms with Crippen molar-refractivity contribution in [3.63, 3.8) is 0 Å². The van der Waals surface area contributed by atoms with Gasteiger partial charge in [0, 0.05) is 67.8 Å². The number of pyridine rings is 4. The van der Waals surface area contributed by atoms with Gasteiger partial charge in [-0.3, -0.25) is 19.2 Å². The van der Waals surface area contributed by atoms with E-state index in [2.05, 4.69) is 78.5 Å². The number of morpholine rings is 1. The van der Waals surface area contributed by atoms with Gasteiger partial charge in [0.1, 0.15) is 11.5 Å². The summed E-state index contributed by atoms with van der Waals surface area (Å²) in [5.41, 5.74) is 13.7. The molecule has 0 radical (unpaired) electrons. The highest BCUT2D eigenvalue weighted by molar-refractivity contribution is 6.04. The molecule has 5 aromatic heterocycles. The molecule has 0 amide bonds. The standard InChI is InChI=1S/C23H20N4O5.C21H22N2O2.C17H15NO2.C16H13NO2/c1-12-5-8-14(9-6-12)17-19(15-10-7-13(2)11-16(15)21(28)24-17)27-20(23(30)32-4)18(25-26-27)22(29)31-3;1-14-3-6-16(7-4-14)19-20(23-9-11-25-12-10-23)17-8-5-15(2)13-18(17)21(24)22-19;1-10-3-6-12(7-4-10)15-16(19)13-8-5-11(2)9-14(13)17(20)18-15;1-10-2-3-12-9-15(17-16(19)14(12)8-10)11-4-6-13(18)7-5-11/h5-11H,1-4H3,(H,24,28);3-8,13H,9-12H2,1-2H3,(H,22,24);3-9,19H,1-2H3,(H,18,20);2-9,18H,1H3,(H,17,19). The van der Waals surface area contributed by atoms with Crippen LogP contribution in [0.15, 0.2) is 195 Å². The number of esters is 2. The number of carbonyl (C=O) groups is 2. The van der Waals surface area contributed by atoms with Crippen molar-refractivity contribution in [1.29, 1.82) is 0 Å². The highest BCUT2D eigenvalue weighted by Gasteiger charge is 2.31. The first-order valence-electron chi connectivity index (χ1n) is 31.0. The van der Waals surface area contributed by atoms with Crippen LogP contribution < -0.4 is 27.1 Å². The minimum atomic E-state index is -0.835. The highest BCUT2D eigenvalue weighted by atomic mass is 16.5. The molecule has 0 bridgehead atoms. The second-order valence-corrected chi connectivity index (χ2v) is 23.7. The molecule has 96 heavy (non-hydrogen) atoms. The van der Waals surface area contributed by atoms with E-state index in [1.807, 2.05) is 133 Å². The summed E-state index contributed by atoms with van der Waals surface area (Å²) in [5.74, 6) is -1.33. The molecule has 484 valence electrons. The molecule has 13 aromatic rings. The van der Waals surface area contributed by atoms with Gasteiger partial charge in [0.25, 0.3) is 22.2 Å². The maximum atomic E-state index is 12.9. The molecule has 1 saturated heterocycles. The van der Waals surface area contributed by atoms with Crippen LogP contribution >= 0.6 is 0 Å². The van der Waals surface area contributed by atoms with E-state index in [4.69, 9.17) is 14.2 Å². The Bertz CT molecular complexity index is 5360. The molecule has 14 rings (SSSR count). The molecule has 1 aliphatic heterocycles. The normalized spacial score (nSPS) is 11.9. The molecule has 1 aliphatic rings. The number of rotatable bonds is 8. The number of fused-ring (bicyclic) bond motifs is 4. The molecular weight excluding hydrogens is 1210 g/mol. The predicted molar refractivity (Wildman–Crippen MR) is 377 cm³/mol. The van der Waals surface area contributed by atoms with Crippen molar-refractivity contribution < 1.29 is 34.0 Å². The molecule has 19 heteroatoms. The first kappa shape index (κ1) is 65.5. The third-order valence-electron chi connectivity index (χ3n) is 16.6. The first-order valence-corrected chi connectivity index (χ1v) is 31.0. The molecule has 6 heterocycles. The summed E-state index contributed by atoms with van der Waals surface area (Å²) in [6.45, 7) is 16.9. The van der Waals surface area contributed by atoms with Crippen LogP contribution in [0.4, 0.5) is 5.69 Å². The number of aromatic amines is 4. The maximum Gasteiger partial charge on any atom is 0.361 e. The number of hydrogen-bond donors (Lipinski definition) is 6. The van der Waals surface area contributed by atoms with Crippen molar-refractivity contribution in [2.24, 2.45) is 0 Å². The van der Waals surface area contributed by atoms with Gasteiger partial charge in [-0.15, -0.1) is 5.10 Å². The Morgan fingerprint density at radius 1 is 0.427 bits per heavy atom. The van der Waals surface area contributed by atoms with Gasteiger partial charge in [0.2, 0.25) is 5.69 Å². The quantitative estimate of drug-likeness (QED) is 0.0773. The van der Waals surface area contributed by atoms with Gasteiger partial charge in [0.05, 0.1) is 61.3 Å². The Morgan fingerprint density at radius 2 is 0.823 bits per heavy atom. The molecule has 0 aliphatic carbocycles. The van der Waals surface area contributed by atoms with Crippen molar-refractivity contribution in [2.75, 3.05) is 45.4 Å². The molecule has 0 unspecified atom stereocenters. The van der Waals surface area contributed by atoms with Crippen molar-refractivity contribution >= 4 is 60.7 Å². The summed E-state index contributed by atoms with van der Waals surface area (Å²) in [4.78, 5) is 88.9. The van der Waals surface area contributed by atoms with E-state index in [0.717, 1.165) is 96.4 Å². The fourth-order valence-electron chi connectivity index (χ4n) is 11.5. The number of nitrogens with one attached hydrogen (secondary N) is 4. The second kappa shape index (κ2) is 28.1. The summed E-state index contributed by atoms with van der Waals surface area (Å²) in [6.07, 6.45) is 0.